The zero-order valence-electron chi connectivity index (χ0n) is 17.6. The Morgan fingerprint density at radius 3 is 2.41 bits per heavy atom. The molecule has 0 saturated carbocycles. The zero-order valence-corrected chi connectivity index (χ0v) is 18.4. The van der Waals surface area contributed by atoms with Crippen LogP contribution >= 0.6 is 11.8 Å². The van der Waals surface area contributed by atoms with Crippen LogP contribution in [0.3, 0.4) is 0 Å². The number of rotatable bonds is 9. The van der Waals surface area contributed by atoms with Crippen LogP contribution in [0.5, 0.6) is 5.75 Å². The minimum absolute atomic E-state index is 0.209. The minimum Gasteiger partial charge on any atom is -0.484 e. The molecule has 9 heteroatoms. The molecule has 1 fully saturated rings. The van der Waals surface area contributed by atoms with Crippen molar-refractivity contribution in [2.45, 2.75) is 43.0 Å². The lowest BCUT2D eigenvalue weighted by molar-refractivity contribution is -0.153. The third-order valence-corrected chi connectivity index (χ3v) is 6.25. The standard InChI is InChI=1S/C23H25F3N4OS/c24-23(25,26)17-31-20-10-6-9-19(13-20)16-32-22-28-27-21(15-29-11-4-5-12-29)30(22)14-18-7-2-1-3-8-18/h1-3,6-10,13H,4-5,11-12,14-17H2. The first-order valence-electron chi connectivity index (χ1n) is 10.6. The zero-order chi connectivity index (χ0) is 22.4. The molecule has 0 N–H and O–H groups in total. The van der Waals surface area contributed by atoms with Crippen LogP contribution in [-0.4, -0.2) is 45.5 Å². The maximum Gasteiger partial charge on any atom is 0.422 e. The predicted molar refractivity (Wildman–Crippen MR) is 118 cm³/mol. The van der Waals surface area contributed by atoms with E-state index in [2.05, 4.69) is 31.8 Å². The van der Waals surface area contributed by atoms with E-state index in [9.17, 15) is 13.2 Å². The Balaban J connectivity index is 1.47. The van der Waals surface area contributed by atoms with Crippen LogP contribution in [0.25, 0.3) is 0 Å². The van der Waals surface area contributed by atoms with E-state index in [-0.39, 0.29) is 5.75 Å². The number of alkyl halides is 3. The lowest BCUT2D eigenvalue weighted by Crippen LogP contribution is -2.21. The number of aromatic nitrogens is 3. The first kappa shape index (κ1) is 22.7. The first-order valence-corrected chi connectivity index (χ1v) is 11.5. The molecule has 1 saturated heterocycles. The summed E-state index contributed by atoms with van der Waals surface area (Å²) in [5.41, 5.74) is 2.03. The molecule has 3 aromatic rings. The van der Waals surface area contributed by atoms with Gasteiger partial charge in [-0.3, -0.25) is 4.90 Å². The van der Waals surface area contributed by atoms with Gasteiger partial charge in [0.25, 0.3) is 0 Å². The monoisotopic (exact) mass is 462 g/mol. The highest BCUT2D eigenvalue weighted by Crippen LogP contribution is 2.26. The van der Waals surface area contributed by atoms with Gasteiger partial charge in [-0.05, 0) is 49.2 Å². The maximum absolute atomic E-state index is 12.4. The molecule has 0 unspecified atom stereocenters. The van der Waals surface area contributed by atoms with E-state index in [1.54, 1.807) is 12.1 Å². The Morgan fingerprint density at radius 2 is 1.66 bits per heavy atom. The van der Waals surface area contributed by atoms with Gasteiger partial charge in [0.05, 0.1) is 13.1 Å². The number of hydrogen-bond acceptors (Lipinski definition) is 5. The molecule has 0 aliphatic carbocycles. The molecule has 4 rings (SSSR count). The molecule has 170 valence electrons. The Hall–Kier alpha value is -2.52. The van der Waals surface area contributed by atoms with Gasteiger partial charge in [-0.15, -0.1) is 10.2 Å². The topological polar surface area (TPSA) is 43.2 Å². The number of benzene rings is 2. The highest BCUT2D eigenvalue weighted by atomic mass is 32.2. The average Bonchev–Trinajstić information content (AvgIpc) is 3.42. The fourth-order valence-electron chi connectivity index (χ4n) is 3.65. The molecule has 0 amide bonds. The molecule has 2 aromatic carbocycles. The largest absolute Gasteiger partial charge is 0.484 e. The van der Waals surface area contributed by atoms with Gasteiger partial charge in [-0.1, -0.05) is 54.2 Å². The Morgan fingerprint density at radius 1 is 0.906 bits per heavy atom. The third kappa shape index (κ3) is 6.49. The molecule has 1 aliphatic rings. The van der Waals surface area contributed by atoms with E-state index in [4.69, 9.17) is 4.74 Å². The van der Waals surface area contributed by atoms with Crippen molar-refractivity contribution in [2.24, 2.45) is 0 Å². The number of hydrogen-bond donors (Lipinski definition) is 0. The second-order valence-corrected chi connectivity index (χ2v) is 8.74. The fraction of sp³-hybridized carbons (Fsp3) is 0.391. The lowest BCUT2D eigenvalue weighted by Gasteiger charge is -2.16. The van der Waals surface area contributed by atoms with Gasteiger partial charge in [0.1, 0.15) is 11.6 Å². The average molecular weight is 463 g/mol. The van der Waals surface area contributed by atoms with Crippen molar-refractivity contribution >= 4 is 11.8 Å². The smallest absolute Gasteiger partial charge is 0.422 e. The van der Waals surface area contributed by atoms with Crippen molar-refractivity contribution < 1.29 is 17.9 Å². The number of nitrogens with zero attached hydrogens (tertiary/aromatic N) is 4. The predicted octanol–water partition coefficient (Wildman–Crippen LogP) is 5.16. The fourth-order valence-corrected chi connectivity index (χ4v) is 4.55. The van der Waals surface area contributed by atoms with Gasteiger partial charge >= 0.3 is 6.18 Å². The van der Waals surface area contributed by atoms with Crippen LogP contribution in [0.15, 0.2) is 59.8 Å². The molecular weight excluding hydrogens is 437 g/mol. The van der Waals surface area contributed by atoms with E-state index in [1.807, 2.05) is 24.3 Å². The lowest BCUT2D eigenvalue weighted by atomic mass is 10.2. The molecule has 5 nitrogen and oxygen atoms in total. The Kier molecular flexibility index (Phi) is 7.36. The second kappa shape index (κ2) is 10.4. The Bertz CT molecular complexity index is 1000. The van der Waals surface area contributed by atoms with Crippen molar-refractivity contribution in [3.05, 3.63) is 71.5 Å². The number of ether oxygens (including phenoxy) is 1. The number of thioether (sulfide) groups is 1. The quantitative estimate of drug-likeness (QED) is 0.411. The van der Waals surface area contributed by atoms with Gasteiger partial charge in [0.15, 0.2) is 11.8 Å². The summed E-state index contributed by atoms with van der Waals surface area (Å²) < 4.78 is 44.3. The van der Waals surface area contributed by atoms with E-state index in [0.717, 1.165) is 36.2 Å². The van der Waals surface area contributed by atoms with Crippen molar-refractivity contribution in [3.8, 4) is 5.75 Å². The van der Waals surface area contributed by atoms with E-state index in [1.165, 1.54) is 36.2 Å². The van der Waals surface area contributed by atoms with Crippen LogP contribution < -0.4 is 4.74 Å². The van der Waals surface area contributed by atoms with Gasteiger partial charge in [-0.2, -0.15) is 13.2 Å². The molecule has 2 heterocycles. The van der Waals surface area contributed by atoms with E-state index in [0.29, 0.717) is 12.3 Å². The molecule has 0 spiro atoms. The van der Waals surface area contributed by atoms with Gasteiger partial charge in [-0.25, -0.2) is 0 Å². The minimum atomic E-state index is -4.36. The van der Waals surface area contributed by atoms with Crippen LogP contribution in [0.2, 0.25) is 0 Å². The van der Waals surface area contributed by atoms with Crippen molar-refractivity contribution in [2.75, 3.05) is 19.7 Å². The SMILES string of the molecule is FC(F)(F)COc1cccc(CSc2nnc(CN3CCCC3)n2Cc2ccccc2)c1. The molecule has 0 radical (unpaired) electrons. The summed E-state index contributed by atoms with van der Waals surface area (Å²) in [6.45, 7) is 2.29. The molecule has 32 heavy (non-hydrogen) atoms. The highest BCUT2D eigenvalue weighted by Gasteiger charge is 2.28. The molecular formula is C23H25F3N4OS. The highest BCUT2D eigenvalue weighted by molar-refractivity contribution is 7.98. The third-order valence-electron chi connectivity index (χ3n) is 5.21. The van der Waals surface area contributed by atoms with Crippen molar-refractivity contribution in [1.29, 1.82) is 0 Å². The van der Waals surface area contributed by atoms with Crippen LogP contribution in [0.1, 0.15) is 29.8 Å². The van der Waals surface area contributed by atoms with Crippen LogP contribution in [0, 0.1) is 0 Å². The molecule has 0 bridgehead atoms. The van der Waals surface area contributed by atoms with Crippen LogP contribution in [-0.2, 0) is 18.8 Å². The summed E-state index contributed by atoms with van der Waals surface area (Å²) in [5, 5.41) is 9.69. The molecule has 1 aromatic heterocycles. The van der Waals surface area contributed by atoms with Gasteiger partial charge in [0.2, 0.25) is 0 Å². The van der Waals surface area contributed by atoms with Crippen LogP contribution in [0.4, 0.5) is 13.2 Å². The van der Waals surface area contributed by atoms with Crippen molar-refractivity contribution in [1.82, 2.24) is 19.7 Å². The summed E-state index contributed by atoms with van der Waals surface area (Å²) in [4.78, 5) is 2.39. The van der Waals surface area contributed by atoms with E-state index >= 15 is 0 Å². The first-order chi connectivity index (χ1) is 15.5. The maximum atomic E-state index is 12.4. The summed E-state index contributed by atoms with van der Waals surface area (Å²) >= 11 is 1.52. The second-order valence-electron chi connectivity index (χ2n) is 7.79. The normalized spacial score (nSPS) is 14.7. The number of likely N-dealkylation sites (tertiary alicyclic amines) is 1. The Labute approximate surface area is 189 Å². The van der Waals surface area contributed by atoms with Gasteiger partial charge in [0, 0.05) is 5.75 Å². The number of halogens is 3. The summed E-state index contributed by atoms with van der Waals surface area (Å²) in [6, 6.07) is 16.9. The van der Waals surface area contributed by atoms with Crippen molar-refractivity contribution in [3.63, 3.8) is 0 Å². The summed E-state index contributed by atoms with van der Waals surface area (Å²) in [6.07, 6.45) is -1.94. The van der Waals surface area contributed by atoms with E-state index < -0.39 is 12.8 Å². The summed E-state index contributed by atoms with van der Waals surface area (Å²) in [7, 11) is 0. The molecule has 1 aliphatic heterocycles. The summed E-state index contributed by atoms with van der Waals surface area (Å²) in [5.74, 6) is 1.70. The van der Waals surface area contributed by atoms with Gasteiger partial charge < -0.3 is 9.30 Å². The molecule has 0 atom stereocenters.